The molecule has 9 atom stereocenters. The number of nitrogens with zero attached hydrogens (tertiary/aromatic N) is 4. The van der Waals surface area contributed by atoms with Gasteiger partial charge in [-0.2, -0.15) is 5.26 Å². The lowest BCUT2D eigenvalue weighted by Crippen LogP contribution is -2.46. The molecule has 0 radical (unpaired) electrons. The fraction of sp³-hybridized carbons (Fsp3) is 0.662. The number of alkyl carbamates (subject to hydrolysis) is 1. The van der Waals surface area contributed by atoms with Crippen LogP contribution in [-0.2, 0) is 78.7 Å². The molecule has 9 unspecified atom stereocenters. The standard InChI is InChI=1S/C28H46N2O9Si.C18H25NO5.C15H19NO4.C10H21NO4Si/c1-5-15-32-19-27(39-28(31)29-14-9-16-40(36-6-2,37-7-3)38-8-4)22-33-24-12-10-23(11-13-24)30(17-25-20-34-25)18-26-21-35-26;1-2-7-21-10-15(20)11-22-16-5-3-14(4-6-16)19(8-17-12-23-17)9-18-13-24-18;1-3-12(17-9-15-10-20-15)4-2-11(1)16(5-13-7-18-13)6-14-8-19-14;1-4-13-16(14-5-2,15-6-3)9-7-8-12-10-11/h5,10-13,25-27H,1,6-9,14-22H2,2-4H3,(H,29,31);2-6,15,17-18,20H,1,7-13H2;1-4,13-15H,5-10H2;4-9H2,1-3H3. The van der Waals surface area contributed by atoms with Gasteiger partial charge in [-0.25, -0.2) is 4.79 Å². The number of aliphatic hydroxyl groups is 1. The number of ether oxygens (including phenoxy) is 14. The van der Waals surface area contributed by atoms with Crippen LogP contribution in [0, 0.1) is 11.5 Å². The molecule has 7 heterocycles. The van der Waals surface area contributed by atoms with E-state index in [0.717, 1.165) is 108 Å². The Hall–Kier alpha value is -5.71. The topological polar surface area (TPSA) is 291 Å². The molecule has 7 aliphatic heterocycles. The molecule has 27 nitrogen and oxygen atoms in total. The molecule has 3 aromatic rings. The molecule has 0 spiro atoms. The van der Waals surface area contributed by atoms with Gasteiger partial charge in [0.25, 0.3) is 6.26 Å². The van der Waals surface area contributed by atoms with E-state index in [4.69, 9.17) is 93.4 Å². The number of aliphatic hydroxyl groups excluding tert-OH is 1. The molecule has 1 amide bonds. The zero-order valence-corrected chi connectivity index (χ0v) is 61.6. The van der Waals surface area contributed by atoms with Crippen molar-refractivity contribution in [1.82, 2.24) is 5.32 Å². The first-order valence-electron chi connectivity index (χ1n) is 35.4. The van der Waals surface area contributed by atoms with Crippen LogP contribution in [0.2, 0.25) is 12.1 Å². The molecule has 7 fully saturated rings. The van der Waals surface area contributed by atoms with E-state index in [0.29, 0.717) is 134 Å². The summed E-state index contributed by atoms with van der Waals surface area (Å²) in [4.78, 5) is 19.4. The van der Waals surface area contributed by atoms with Gasteiger partial charge in [-0.15, -0.1) is 13.2 Å². The van der Waals surface area contributed by atoms with Gasteiger partial charge < -0.3 is 118 Å². The highest BCUT2D eigenvalue weighted by Gasteiger charge is 2.41. The van der Waals surface area contributed by atoms with Gasteiger partial charge in [-0.1, -0.05) is 12.2 Å². The van der Waals surface area contributed by atoms with E-state index in [1.165, 1.54) is 5.69 Å². The van der Waals surface area contributed by atoms with Crippen molar-refractivity contribution < 1.29 is 103 Å². The van der Waals surface area contributed by atoms with Gasteiger partial charge in [0.05, 0.1) is 109 Å². The molecule has 560 valence electrons. The van der Waals surface area contributed by atoms with Crippen LogP contribution in [0.3, 0.4) is 0 Å². The van der Waals surface area contributed by atoms with Crippen LogP contribution in [-0.4, -0.2) is 268 Å². The summed E-state index contributed by atoms with van der Waals surface area (Å²) in [6.07, 6.45) is 6.82. The zero-order valence-electron chi connectivity index (χ0n) is 59.6. The molecule has 3 aromatic carbocycles. The predicted molar refractivity (Wildman–Crippen MR) is 379 cm³/mol. The second-order valence-electron chi connectivity index (χ2n) is 24.2. The molecule has 2 N–H and O–H groups in total. The number of anilines is 3. The van der Waals surface area contributed by atoms with E-state index in [9.17, 15) is 9.90 Å². The molecule has 29 heteroatoms. The molecule has 100 heavy (non-hydrogen) atoms. The lowest BCUT2D eigenvalue weighted by molar-refractivity contribution is 0.00542. The Labute approximate surface area is 593 Å². The van der Waals surface area contributed by atoms with Gasteiger partial charge in [-0.05, 0) is 127 Å². The number of benzene rings is 3. The number of carbonyl (C=O) groups is 1. The Morgan fingerprint density at radius 1 is 0.520 bits per heavy atom. The summed E-state index contributed by atoms with van der Waals surface area (Å²) >= 11 is 0. The molecule has 0 saturated carbocycles. The molecule has 10 rings (SSSR count). The van der Waals surface area contributed by atoms with E-state index in [-0.39, 0.29) is 38.6 Å². The van der Waals surface area contributed by atoms with Crippen molar-refractivity contribution in [2.24, 2.45) is 0 Å². The van der Waals surface area contributed by atoms with Crippen molar-refractivity contribution >= 4 is 40.8 Å². The Morgan fingerprint density at radius 2 is 0.860 bits per heavy atom. The Balaban J connectivity index is 0.000000200. The number of hydrogen-bond donors (Lipinski definition) is 2. The second kappa shape index (κ2) is 46.1. The molecule has 7 aliphatic rings. The fourth-order valence-electron chi connectivity index (χ4n) is 10.2. The third kappa shape index (κ3) is 34.5. The van der Waals surface area contributed by atoms with E-state index in [1.54, 1.807) is 18.4 Å². The predicted octanol–water partition coefficient (Wildman–Crippen LogP) is 7.63. The molecule has 7 saturated heterocycles. The van der Waals surface area contributed by atoms with Crippen molar-refractivity contribution in [3.63, 3.8) is 0 Å². The number of hydrogen-bond acceptors (Lipinski definition) is 26. The summed E-state index contributed by atoms with van der Waals surface area (Å²) < 4.78 is 110. The molecule has 0 aliphatic carbocycles. The van der Waals surface area contributed by atoms with Crippen molar-refractivity contribution in [3.05, 3.63) is 98.1 Å². The average molecular weight is 1440 g/mol. The molecular formula is C71H111N5O22Si2. The van der Waals surface area contributed by atoms with Crippen molar-refractivity contribution in [1.29, 1.82) is 5.26 Å². The Bertz CT molecular complexity index is 2660. The first-order chi connectivity index (χ1) is 48.9. The van der Waals surface area contributed by atoms with Gasteiger partial charge >= 0.3 is 23.7 Å². The molecule has 0 aromatic heterocycles. The smallest absolute Gasteiger partial charge is 0.491 e. The van der Waals surface area contributed by atoms with Gasteiger partial charge in [0.1, 0.15) is 55.9 Å². The summed E-state index contributed by atoms with van der Waals surface area (Å²) in [6.45, 7) is 36.2. The lowest BCUT2D eigenvalue weighted by Gasteiger charge is -2.28. The van der Waals surface area contributed by atoms with Gasteiger partial charge in [0.15, 0.2) is 6.10 Å². The first kappa shape index (κ1) is 81.6. The van der Waals surface area contributed by atoms with E-state index in [1.807, 2.05) is 102 Å². The monoisotopic (exact) mass is 1440 g/mol. The summed E-state index contributed by atoms with van der Waals surface area (Å²) in [5.74, 6) is 2.30. The van der Waals surface area contributed by atoms with Crippen LogP contribution in [0.25, 0.3) is 0 Å². The van der Waals surface area contributed by atoms with Gasteiger partial charge in [0.2, 0.25) is 0 Å². The highest BCUT2D eigenvalue weighted by Crippen LogP contribution is 2.29. The Morgan fingerprint density at radius 3 is 1.20 bits per heavy atom. The van der Waals surface area contributed by atoms with Gasteiger partial charge in [-0.3, -0.25) is 0 Å². The van der Waals surface area contributed by atoms with Crippen molar-refractivity contribution in [3.8, 4) is 23.5 Å². The second-order valence-corrected chi connectivity index (χ2v) is 29.7. The number of carbonyl (C=O) groups excluding carboxylic acids is 1. The highest BCUT2D eigenvalue weighted by atomic mass is 28.4. The molecular weight excluding hydrogens is 1330 g/mol. The maximum Gasteiger partial charge on any atom is 0.501 e. The summed E-state index contributed by atoms with van der Waals surface area (Å²) in [5, 5.41) is 20.8. The zero-order chi connectivity index (χ0) is 71.1. The highest BCUT2D eigenvalue weighted by molar-refractivity contribution is 6.61. The van der Waals surface area contributed by atoms with Crippen LogP contribution in [0.15, 0.2) is 98.1 Å². The maximum atomic E-state index is 12.5. The van der Waals surface area contributed by atoms with Crippen LogP contribution >= 0.6 is 0 Å². The SMILES string of the molecule is C=CCOCC(COc1ccc(N(CC2CO2)CC2CO2)cc1)OC(=O)NCCC[Si](OCC)(OCC)OCC.C=CCOCC(O)COc1ccc(N(CC2CO2)CC2CO2)cc1.CCO[Si](CCCOC#N)(OCC)OCC.c1cc(N(CC2CO2)CC2CO2)ccc1OCC1CO1. The van der Waals surface area contributed by atoms with Gasteiger partial charge in [0, 0.05) is 115 Å². The number of rotatable bonds is 53. The molecule has 0 bridgehead atoms. The minimum atomic E-state index is -2.75. The third-order valence-electron chi connectivity index (χ3n) is 15.5. The number of amides is 1. The van der Waals surface area contributed by atoms with E-state index < -0.39 is 35.9 Å². The summed E-state index contributed by atoms with van der Waals surface area (Å²) in [7, 11) is -5.29. The van der Waals surface area contributed by atoms with Crippen LogP contribution in [0.4, 0.5) is 21.9 Å². The van der Waals surface area contributed by atoms with Crippen LogP contribution in [0.5, 0.6) is 17.2 Å². The normalized spacial score (nSPS) is 20.6. The van der Waals surface area contributed by atoms with Crippen LogP contribution in [0.1, 0.15) is 54.4 Å². The minimum absolute atomic E-state index is 0.147. The largest absolute Gasteiger partial charge is 0.501 e. The Kier molecular flexibility index (Phi) is 37.6. The van der Waals surface area contributed by atoms with Crippen LogP contribution < -0.4 is 34.2 Å². The number of nitrogens with one attached hydrogen (secondary N) is 1. The minimum Gasteiger partial charge on any atom is -0.491 e. The van der Waals surface area contributed by atoms with Crippen molar-refractivity contribution in [2.75, 3.05) is 199 Å². The van der Waals surface area contributed by atoms with Crippen molar-refractivity contribution in [2.45, 2.75) is 121 Å². The number of nitriles is 1. The lowest BCUT2D eigenvalue weighted by atomic mass is 10.2. The average Bonchev–Trinajstić information content (AvgIpc) is 1.72. The maximum absolute atomic E-state index is 12.5. The quantitative estimate of drug-likeness (QED) is 0.0180. The summed E-state index contributed by atoms with van der Waals surface area (Å²) in [6, 6.07) is 25.3. The van der Waals surface area contributed by atoms with E-state index >= 15 is 0 Å². The third-order valence-corrected chi connectivity index (χ3v) is 21.9. The fourth-order valence-corrected chi connectivity index (χ4v) is 15.4. The first-order valence-corrected chi connectivity index (χ1v) is 39.3. The van der Waals surface area contributed by atoms with E-state index in [2.05, 4.69) is 50.0 Å². The summed E-state index contributed by atoms with van der Waals surface area (Å²) in [5.41, 5.74) is 3.42. The number of epoxide rings is 7.